The summed E-state index contributed by atoms with van der Waals surface area (Å²) in [5.41, 5.74) is 1.14. The van der Waals surface area contributed by atoms with Gasteiger partial charge in [0, 0.05) is 12.1 Å². The number of carbonyl (C=O) groups is 1. The molecule has 0 saturated heterocycles. The third-order valence-corrected chi connectivity index (χ3v) is 4.54. The number of benzene rings is 1. The van der Waals surface area contributed by atoms with Crippen molar-refractivity contribution < 1.29 is 19.4 Å². The number of nitrogens with zero attached hydrogens (tertiary/aromatic N) is 1. The van der Waals surface area contributed by atoms with Gasteiger partial charge in [0.05, 0.1) is 5.56 Å². The van der Waals surface area contributed by atoms with Crippen LogP contribution >= 0.6 is 0 Å². The lowest BCUT2D eigenvalue weighted by Crippen LogP contribution is -2.30. The number of fused-ring (bicyclic) bond motifs is 2. The smallest absolute Gasteiger partial charge is 0.256 e. The van der Waals surface area contributed by atoms with Crippen LogP contribution in [-0.2, 0) is 0 Å². The van der Waals surface area contributed by atoms with Crippen LogP contribution in [0.15, 0.2) is 12.1 Å². The number of rotatable bonds is 5. The van der Waals surface area contributed by atoms with Gasteiger partial charge in [-0.2, -0.15) is 0 Å². The summed E-state index contributed by atoms with van der Waals surface area (Å²) in [6.07, 6.45) is 2.22. The van der Waals surface area contributed by atoms with Gasteiger partial charge in [-0.1, -0.05) is 40.5 Å². The Morgan fingerprint density at radius 3 is 2.43 bits per heavy atom. The van der Waals surface area contributed by atoms with E-state index in [4.69, 9.17) is 9.47 Å². The molecule has 1 unspecified atom stereocenters. The van der Waals surface area contributed by atoms with E-state index >= 15 is 0 Å². The molecule has 23 heavy (non-hydrogen) atoms. The Balaban J connectivity index is 0.000000924. The standard InChI is InChI=1S/C16H21NO4.C2H6/c1-3-10(4-2)5-6-17-15(18)11-7-13-14(21-9-20-13)8-12(11)16(17)19;1-2/h7-8,10,15,18H,3-6,9H2,1-2H3;1-2H3. The van der Waals surface area contributed by atoms with E-state index in [-0.39, 0.29) is 12.7 Å². The predicted molar refractivity (Wildman–Crippen MR) is 88.6 cm³/mol. The number of hydrogen-bond donors (Lipinski definition) is 1. The van der Waals surface area contributed by atoms with Gasteiger partial charge in [0.1, 0.15) is 0 Å². The first kappa shape index (κ1) is 17.6. The fourth-order valence-corrected chi connectivity index (χ4v) is 3.03. The molecule has 0 aromatic heterocycles. The highest BCUT2D eigenvalue weighted by Gasteiger charge is 2.37. The van der Waals surface area contributed by atoms with Gasteiger partial charge in [-0.25, -0.2) is 0 Å². The molecule has 0 aliphatic carbocycles. The number of carbonyl (C=O) groups excluding carboxylic acids is 1. The molecule has 1 N–H and O–H groups in total. The number of amides is 1. The molecule has 2 heterocycles. The van der Waals surface area contributed by atoms with Crippen LogP contribution in [0.1, 0.15) is 69.1 Å². The van der Waals surface area contributed by atoms with E-state index in [1.807, 2.05) is 13.8 Å². The molecule has 0 radical (unpaired) electrons. The van der Waals surface area contributed by atoms with E-state index in [9.17, 15) is 9.90 Å². The van der Waals surface area contributed by atoms with Crippen LogP contribution in [0.5, 0.6) is 11.5 Å². The van der Waals surface area contributed by atoms with Crippen LogP contribution in [0.25, 0.3) is 0 Å². The molecule has 0 bridgehead atoms. The van der Waals surface area contributed by atoms with Crippen LogP contribution in [0.3, 0.4) is 0 Å². The molecule has 3 rings (SSSR count). The highest BCUT2D eigenvalue weighted by molar-refractivity contribution is 5.99. The summed E-state index contributed by atoms with van der Waals surface area (Å²) >= 11 is 0. The average Bonchev–Trinajstić information content (AvgIpc) is 3.13. The van der Waals surface area contributed by atoms with Crippen molar-refractivity contribution in [1.82, 2.24) is 4.90 Å². The number of aliphatic hydroxyl groups is 1. The summed E-state index contributed by atoms with van der Waals surface area (Å²) in [6.45, 7) is 9.06. The van der Waals surface area contributed by atoms with Crippen molar-refractivity contribution in [2.24, 2.45) is 5.92 Å². The summed E-state index contributed by atoms with van der Waals surface area (Å²) < 4.78 is 10.6. The summed E-state index contributed by atoms with van der Waals surface area (Å²) in [5, 5.41) is 10.4. The molecule has 0 saturated carbocycles. The maximum Gasteiger partial charge on any atom is 0.256 e. The Labute approximate surface area is 138 Å². The monoisotopic (exact) mass is 321 g/mol. The van der Waals surface area contributed by atoms with Gasteiger partial charge in [-0.05, 0) is 24.5 Å². The van der Waals surface area contributed by atoms with Crippen molar-refractivity contribution in [2.45, 2.75) is 53.2 Å². The molecule has 1 atom stereocenters. The maximum atomic E-state index is 12.5. The van der Waals surface area contributed by atoms with Crippen LogP contribution in [0, 0.1) is 5.92 Å². The van der Waals surface area contributed by atoms with Crippen LogP contribution < -0.4 is 9.47 Å². The van der Waals surface area contributed by atoms with Crippen molar-refractivity contribution in [3.8, 4) is 11.5 Å². The number of hydrogen-bond acceptors (Lipinski definition) is 4. The third-order valence-electron chi connectivity index (χ3n) is 4.54. The summed E-state index contributed by atoms with van der Waals surface area (Å²) in [6, 6.07) is 3.40. The summed E-state index contributed by atoms with van der Waals surface area (Å²) in [5.74, 6) is 1.64. The highest BCUT2D eigenvalue weighted by atomic mass is 16.7. The van der Waals surface area contributed by atoms with Crippen molar-refractivity contribution in [1.29, 1.82) is 0 Å². The second-order valence-corrected chi connectivity index (χ2v) is 5.64. The lowest BCUT2D eigenvalue weighted by molar-refractivity contribution is 0.0151. The first-order valence-electron chi connectivity index (χ1n) is 8.58. The number of aliphatic hydroxyl groups excluding tert-OH is 1. The lowest BCUT2D eigenvalue weighted by atomic mass is 9.99. The van der Waals surface area contributed by atoms with E-state index in [2.05, 4.69) is 13.8 Å². The molecule has 1 amide bonds. The SMILES string of the molecule is CC.CCC(CC)CCN1C(=O)c2cc3c(cc2C1O)OCO3. The molecular formula is C18H27NO4. The second-order valence-electron chi connectivity index (χ2n) is 5.64. The predicted octanol–water partition coefficient (Wildman–Crippen LogP) is 3.71. The molecule has 128 valence electrons. The minimum absolute atomic E-state index is 0.123. The topological polar surface area (TPSA) is 59.0 Å². The Morgan fingerprint density at radius 1 is 1.22 bits per heavy atom. The van der Waals surface area contributed by atoms with E-state index < -0.39 is 6.23 Å². The Morgan fingerprint density at radius 2 is 1.83 bits per heavy atom. The van der Waals surface area contributed by atoms with Crippen LogP contribution in [0.4, 0.5) is 0 Å². The molecule has 5 heteroatoms. The van der Waals surface area contributed by atoms with Crippen LogP contribution in [0.2, 0.25) is 0 Å². The zero-order valence-corrected chi connectivity index (χ0v) is 14.5. The van der Waals surface area contributed by atoms with Gasteiger partial charge >= 0.3 is 0 Å². The van der Waals surface area contributed by atoms with E-state index in [1.165, 1.54) is 4.90 Å². The maximum absolute atomic E-state index is 12.5. The Bertz CT molecular complexity index is 554. The first-order valence-corrected chi connectivity index (χ1v) is 8.58. The van der Waals surface area contributed by atoms with Gasteiger partial charge in [0.15, 0.2) is 17.7 Å². The van der Waals surface area contributed by atoms with Gasteiger partial charge in [-0.3, -0.25) is 4.79 Å². The van der Waals surface area contributed by atoms with Crippen molar-refractivity contribution in [3.63, 3.8) is 0 Å². The molecule has 0 spiro atoms. The first-order chi connectivity index (χ1) is 11.2. The largest absolute Gasteiger partial charge is 0.454 e. The van der Waals surface area contributed by atoms with E-state index in [0.717, 1.165) is 19.3 Å². The average molecular weight is 321 g/mol. The van der Waals surface area contributed by atoms with Gasteiger partial charge in [0.25, 0.3) is 5.91 Å². The van der Waals surface area contributed by atoms with Crippen LogP contribution in [-0.4, -0.2) is 29.3 Å². The molecule has 2 aliphatic heterocycles. The third kappa shape index (κ3) is 3.29. The molecule has 1 aromatic rings. The zero-order valence-electron chi connectivity index (χ0n) is 14.5. The Kier molecular flexibility index (Phi) is 5.88. The summed E-state index contributed by atoms with van der Waals surface area (Å²) in [7, 11) is 0. The van der Waals surface area contributed by atoms with Gasteiger partial charge in [0.2, 0.25) is 6.79 Å². The normalized spacial score (nSPS) is 18.1. The quantitative estimate of drug-likeness (QED) is 0.898. The lowest BCUT2D eigenvalue weighted by Gasteiger charge is -2.23. The van der Waals surface area contributed by atoms with E-state index in [0.29, 0.717) is 35.1 Å². The zero-order chi connectivity index (χ0) is 17.0. The Hall–Kier alpha value is -1.75. The van der Waals surface area contributed by atoms with Crippen molar-refractivity contribution in [3.05, 3.63) is 23.3 Å². The van der Waals surface area contributed by atoms with Gasteiger partial charge < -0.3 is 19.5 Å². The molecule has 5 nitrogen and oxygen atoms in total. The fourth-order valence-electron chi connectivity index (χ4n) is 3.03. The van der Waals surface area contributed by atoms with Gasteiger partial charge in [-0.15, -0.1) is 0 Å². The minimum Gasteiger partial charge on any atom is -0.454 e. The highest BCUT2D eigenvalue weighted by Crippen LogP contribution is 2.41. The van der Waals surface area contributed by atoms with Crippen molar-refractivity contribution >= 4 is 5.91 Å². The molecule has 2 aliphatic rings. The molecule has 1 aromatic carbocycles. The van der Waals surface area contributed by atoms with Crippen molar-refractivity contribution in [2.75, 3.05) is 13.3 Å². The van der Waals surface area contributed by atoms with E-state index in [1.54, 1.807) is 12.1 Å². The fraction of sp³-hybridized carbons (Fsp3) is 0.611. The minimum atomic E-state index is -0.878. The summed E-state index contributed by atoms with van der Waals surface area (Å²) in [4.78, 5) is 14.0. The molecular weight excluding hydrogens is 294 g/mol. The molecule has 0 fully saturated rings. The number of ether oxygens (including phenoxy) is 2. The second kappa shape index (κ2) is 7.68.